The Morgan fingerprint density at radius 2 is 1.94 bits per heavy atom. The minimum Gasteiger partial charge on any atom is -0.330 e. The summed E-state index contributed by atoms with van der Waals surface area (Å²) in [6.07, 6.45) is 3.74. The number of hydrogen-bond donors (Lipinski definition) is 1. The highest BCUT2D eigenvalue weighted by Gasteiger charge is 2.44. The molecule has 0 unspecified atom stereocenters. The van der Waals surface area contributed by atoms with Crippen molar-refractivity contribution in [2.75, 3.05) is 19.6 Å². The van der Waals surface area contributed by atoms with Gasteiger partial charge in [-0.1, -0.05) is 56.0 Å². The van der Waals surface area contributed by atoms with Gasteiger partial charge in [-0.2, -0.15) is 5.21 Å². The van der Waals surface area contributed by atoms with Crippen LogP contribution in [0.15, 0.2) is 43.0 Å². The summed E-state index contributed by atoms with van der Waals surface area (Å²) < 4.78 is 0. The summed E-state index contributed by atoms with van der Waals surface area (Å²) in [6.45, 7) is 8.87. The predicted molar refractivity (Wildman–Crippen MR) is 129 cm³/mol. The molecule has 0 radical (unpaired) electrons. The third-order valence-electron chi connectivity index (χ3n) is 6.81. The van der Waals surface area contributed by atoms with Crippen molar-refractivity contribution in [2.45, 2.75) is 57.7 Å². The van der Waals surface area contributed by atoms with Gasteiger partial charge in [-0.25, -0.2) is 0 Å². The van der Waals surface area contributed by atoms with Gasteiger partial charge in [0.05, 0.1) is 6.04 Å². The van der Waals surface area contributed by atoms with Crippen molar-refractivity contribution in [1.82, 2.24) is 35.3 Å². The summed E-state index contributed by atoms with van der Waals surface area (Å²) in [6, 6.07) is 8.14. The molecule has 1 aromatic carbocycles. The molecule has 10 heteroatoms. The lowest BCUT2D eigenvalue weighted by molar-refractivity contribution is -0.157. The number of piperazine rings is 1. The smallest absolute Gasteiger partial charge is 0.246 e. The molecule has 0 spiro atoms. The number of amides is 3. The summed E-state index contributed by atoms with van der Waals surface area (Å²) >= 11 is 0. The van der Waals surface area contributed by atoms with Gasteiger partial charge in [0.25, 0.3) is 0 Å². The number of aromatic amines is 1. The molecule has 3 amide bonds. The second-order valence-corrected chi connectivity index (χ2v) is 9.58. The maximum Gasteiger partial charge on any atom is 0.246 e. The highest BCUT2D eigenvalue weighted by molar-refractivity contribution is 5.96. The van der Waals surface area contributed by atoms with Crippen LogP contribution in [0.4, 0.5) is 0 Å². The van der Waals surface area contributed by atoms with Crippen LogP contribution in [0.2, 0.25) is 0 Å². The Hall–Kier alpha value is -3.56. The van der Waals surface area contributed by atoms with Crippen LogP contribution in [0.5, 0.6) is 0 Å². The maximum absolute atomic E-state index is 14.0. The minimum atomic E-state index is -0.687. The second-order valence-electron chi connectivity index (χ2n) is 9.58. The summed E-state index contributed by atoms with van der Waals surface area (Å²) in [5.74, 6) is 0.116. The fourth-order valence-electron chi connectivity index (χ4n) is 5.14. The number of benzene rings is 1. The van der Waals surface area contributed by atoms with Gasteiger partial charge < -0.3 is 14.7 Å². The SMILES string of the molecule is C=CC(=O)N1CCN([C@@H](Cc2ccccc2)C(=O)N2CCC[C@H]2c2nn[nH]n2)C(=O)[C@@H]1CC(C)C. The molecule has 2 saturated heterocycles. The molecule has 1 N–H and O–H groups in total. The van der Waals surface area contributed by atoms with Crippen molar-refractivity contribution >= 4 is 17.7 Å². The number of carbonyl (C=O) groups is 3. The Kier molecular flexibility index (Phi) is 7.57. The molecule has 4 rings (SSSR count). The van der Waals surface area contributed by atoms with Crippen molar-refractivity contribution in [3.63, 3.8) is 0 Å². The highest BCUT2D eigenvalue weighted by Crippen LogP contribution is 2.32. The lowest BCUT2D eigenvalue weighted by Gasteiger charge is -2.44. The van der Waals surface area contributed by atoms with Crippen molar-refractivity contribution < 1.29 is 14.4 Å². The molecule has 0 saturated carbocycles. The van der Waals surface area contributed by atoms with Gasteiger partial charge in [-0.15, -0.1) is 10.2 Å². The van der Waals surface area contributed by atoms with Crippen LogP contribution in [-0.2, 0) is 20.8 Å². The van der Waals surface area contributed by atoms with Crippen LogP contribution in [0, 0.1) is 5.92 Å². The summed E-state index contributed by atoms with van der Waals surface area (Å²) in [7, 11) is 0. The quantitative estimate of drug-likeness (QED) is 0.577. The van der Waals surface area contributed by atoms with E-state index >= 15 is 0 Å². The van der Waals surface area contributed by atoms with E-state index in [-0.39, 0.29) is 36.2 Å². The number of rotatable bonds is 8. The van der Waals surface area contributed by atoms with E-state index in [2.05, 4.69) is 27.2 Å². The van der Waals surface area contributed by atoms with Crippen molar-refractivity contribution in [1.29, 1.82) is 0 Å². The maximum atomic E-state index is 14.0. The Labute approximate surface area is 205 Å². The normalized spacial score (nSPS) is 21.5. The lowest BCUT2D eigenvalue weighted by atomic mass is 9.95. The zero-order chi connectivity index (χ0) is 24.9. The number of nitrogens with one attached hydrogen (secondary N) is 1. The van der Waals surface area contributed by atoms with E-state index in [0.29, 0.717) is 31.8 Å². The number of aromatic nitrogens is 4. The zero-order valence-electron chi connectivity index (χ0n) is 20.3. The monoisotopic (exact) mass is 479 g/mol. The molecular weight excluding hydrogens is 446 g/mol. The van der Waals surface area contributed by atoms with Crippen molar-refractivity contribution in [3.05, 3.63) is 54.4 Å². The van der Waals surface area contributed by atoms with Crippen molar-refractivity contribution in [2.24, 2.45) is 5.92 Å². The molecule has 186 valence electrons. The molecule has 2 aromatic rings. The Balaban J connectivity index is 1.65. The fraction of sp³-hybridized carbons (Fsp3) is 0.520. The van der Waals surface area contributed by atoms with Gasteiger partial charge in [0.1, 0.15) is 12.1 Å². The molecule has 2 aliphatic rings. The first-order chi connectivity index (χ1) is 16.9. The van der Waals surface area contributed by atoms with E-state index in [1.165, 1.54) is 6.08 Å². The molecule has 10 nitrogen and oxygen atoms in total. The summed E-state index contributed by atoms with van der Waals surface area (Å²) in [5, 5.41) is 14.4. The molecule has 0 bridgehead atoms. The highest BCUT2D eigenvalue weighted by atomic mass is 16.2. The fourth-order valence-corrected chi connectivity index (χ4v) is 5.14. The Morgan fingerprint density at radius 1 is 1.17 bits per heavy atom. The number of tetrazole rings is 1. The number of nitrogens with zero attached hydrogens (tertiary/aromatic N) is 6. The van der Waals surface area contributed by atoms with Crippen LogP contribution in [0.1, 0.15) is 50.5 Å². The Bertz CT molecular complexity index is 1040. The van der Waals surface area contributed by atoms with Gasteiger partial charge in [0.15, 0.2) is 5.82 Å². The number of likely N-dealkylation sites (tertiary alicyclic amines) is 1. The second kappa shape index (κ2) is 10.8. The molecule has 3 heterocycles. The van der Waals surface area contributed by atoms with Crippen LogP contribution < -0.4 is 0 Å². The van der Waals surface area contributed by atoms with Gasteiger partial charge in [-0.05, 0) is 36.8 Å². The summed E-state index contributed by atoms with van der Waals surface area (Å²) in [5.41, 5.74) is 0.971. The molecule has 2 aliphatic heterocycles. The average molecular weight is 480 g/mol. The Morgan fingerprint density at radius 3 is 2.60 bits per heavy atom. The molecule has 3 atom stereocenters. The van der Waals surface area contributed by atoms with Crippen LogP contribution in [0.25, 0.3) is 0 Å². The van der Waals surface area contributed by atoms with Gasteiger partial charge in [-0.3, -0.25) is 14.4 Å². The van der Waals surface area contributed by atoms with Crippen LogP contribution in [-0.4, -0.2) is 84.8 Å². The number of carbonyl (C=O) groups excluding carboxylic acids is 3. The molecule has 2 fully saturated rings. The third kappa shape index (κ3) is 5.26. The zero-order valence-corrected chi connectivity index (χ0v) is 20.3. The van der Waals surface area contributed by atoms with E-state index < -0.39 is 12.1 Å². The first-order valence-electron chi connectivity index (χ1n) is 12.2. The van der Waals surface area contributed by atoms with Gasteiger partial charge >= 0.3 is 0 Å². The molecular formula is C25H33N7O3. The molecule has 35 heavy (non-hydrogen) atoms. The number of hydrogen-bond acceptors (Lipinski definition) is 6. The first kappa shape index (κ1) is 24.6. The van der Waals surface area contributed by atoms with E-state index in [9.17, 15) is 14.4 Å². The van der Waals surface area contributed by atoms with E-state index in [4.69, 9.17) is 0 Å². The predicted octanol–water partition coefficient (Wildman–Crippen LogP) is 1.75. The van der Waals surface area contributed by atoms with E-state index in [0.717, 1.165) is 18.4 Å². The molecule has 1 aromatic heterocycles. The largest absolute Gasteiger partial charge is 0.330 e. The van der Waals surface area contributed by atoms with Gasteiger partial charge in [0, 0.05) is 26.1 Å². The average Bonchev–Trinajstić information content (AvgIpc) is 3.55. The minimum absolute atomic E-state index is 0.124. The lowest BCUT2D eigenvalue weighted by Crippen LogP contribution is -2.64. The van der Waals surface area contributed by atoms with Crippen LogP contribution in [0.3, 0.4) is 0 Å². The first-order valence-corrected chi connectivity index (χ1v) is 12.2. The van der Waals surface area contributed by atoms with E-state index in [1.54, 1.807) is 14.7 Å². The molecule has 0 aliphatic carbocycles. The van der Waals surface area contributed by atoms with Crippen LogP contribution >= 0.6 is 0 Å². The third-order valence-corrected chi connectivity index (χ3v) is 6.81. The summed E-state index contributed by atoms with van der Waals surface area (Å²) in [4.78, 5) is 45.5. The van der Waals surface area contributed by atoms with E-state index in [1.807, 2.05) is 44.2 Å². The standard InChI is InChI=1S/C25H33N7O3/c1-4-22(33)30-13-14-32(24(34)20(30)15-17(2)3)21(16-18-9-6-5-7-10-18)25(35)31-12-8-11-19(31)23-26-28-29-27-23/h4-7,9-10,17,19-21H,1,8,11-16H2,2-3H3,(H,26,27,28,29)/t19-,20-,21-/m0/s1. The van der Waals surface area contributed by atoms with Crippen molar-refractivity contribution in [3.8, 4) is 0 Å². The number of H-pyrrole nitrogens is 1. The topological polar surface area (TPSA) is 115 Å². The van der Waals surface area contributed by atoms with Gasteiger partial charge in [0.2, 0.25) is 17.7 Å².